The predicted molar refractivity (Wildman–Crippen MR) is 195 cm³/mol. The first kappa shape index (κ1) is 30.1. The third kappa shape index (κ3) is 4.41. The molecule has 2 aliphatic heterocycles. The Labute approximate surface area is 285 Å². The Hall–Kier alpha value is -5.00. The molecular weight excluding hydrogens is 612 g/mol. The molecule has 0 N–H and O–H groups in total. The smallest absolute Gasteiger partial charge is 0.178 e. The highest BCUT2D eigenvalue weighted by molar-refractivity contribution is 6.08. The van der Waals surface area contributed by atoms with Crippen LogP contribution in [0.5, 0.6) is 5.75 Å². The van der Waals surface area contributed by atoms with Gasteiger partial charge in [0.05, 0.1) is 13.2 Å². The van der Waals surface area contributed by atoms with Crippen LogP contribution >= 0.6 is 0 Å². The van der Waals surface area contributed by atoms with Crippen molar-refractivity contribution in [2.75, 3.05) is 31.2 Å². The van der Waals surface area contributed by atoms with Crippen LogP contribution in [0.2, 0.25) is 0 Å². The fourth-order valence-corrected chi connectivity index (χ4v) is 8.78. The summed E-state index contributed by atoms with van der Waals surface area (Å²) in [5.74, 6) is 0.0824. The summed E-state index contributed by atoms with van der Waals surface area (Å²) in [7, 11) is 0. The van der Waals surface area contributed by atoms with Crippen molar-refractivity contribution in [3.8, 4) is 16.9 Å². The van der Waals surface area contributed by atoms with Gasteiger partial charge in [-0.3, -0.25) is 0 Å². The van der Waals surface area contributed by atoms with Gasteiger partial charge in [-0.2, -0.15) is 0 Å². The molecule has 49 heavy (non-hydrogen) atoms. The fourth-order valence-electron chi connectivity index (χ4n) is 8.78. The number of halogens is 2. The van der Waals surface area contributed by atoms with Crippen LogP contribution < -0.4 is 9.64 Å². The summed E-state index contributed by atoms with van der Waals surface area (Å²) in [5, 5.41) is 3.89. The van der Waals surface area contributed by atoms with Gasteiger partial charge in [-0.15, -0.1) is 0 Å². The van der Waals surface area contributed by atoms with Crippen molar-refractivity contribution in [1.29, 1.82) is 0 Å². The quantitative estimate of drug-likeness (QED) is 0.186. The number of ether oxygens (including phenoxy) is 2. The van der Waals surface area contributed by atoms with E-state index in [9.17, 15) is 4.39 Å². The maximum atomic E-state index is 15.3. The zero-order valence-corrected chi connectivity index (χ0v) is 27.7. The van der Waals surface area contributed by atoms with Gasteiger partial charge in [0.15, 0.2) is 5.60 Å². The molecule has 1 unspecified atom stereocenters. The lowest BCUT2D eigenvalue weighted by molar-refractivity contribution is 0.122. The summed E-state index contributed by atoms with van der Waals surface area (Å²) in [6.07, 6.45) is 5.95. The maximum Gasteiger partial charge on any atom is 0.178 e. The number of rotatable bonds is 5. The number of nitrogens with zero attached hydrogens (tertiary/aromatic N) is 1. The fraction of sp³-hybridized carbons (Fsp3) is 0.227. The standard InChI is InChI=1S/C44H37F2NO2/c1-3-43(4-2)39-27-33(46)14-18-36(39)40-35-17-13-32(45)26-38(35)42-37(41(40)43)19-20-44(49-42,31-10-9-28-7-5-6-8-29(28)25-31)30-11-15-34(16-12-30)47-21-23-48-24-22-47/h5-20,25-27H,3-4,21-24H2,1-2H3. The molecule has 1 aliphatic carbocycles. The molecule has 1 atom stereocenters. The molecule has 0 spiro atoms. The van der Waals surface area contributed by atoms with Gasteiger partial charge in [0.1, 0.15) is 17.4 Å². The van der Waals surface area contributed by atoms with Crippen LogP contribution in [0.15, 0.2) is 109 Å². The molecule has 0 amide bonds. The lowest BCUT2D eigenvalue weighted by atomic mass is 9.71. The van der Waals surface area contributed by atoms with Crippen LogP contribution in [0.1, 0.15) is 54.5 Å². The monoisotopic (exact) mass is 649 g/mol. The number of fused-ring (bicyclic) bond motifs is 9. The molecule has 0 aromatic heterocycles. The van der Waals surface area contributed by atoms with Crippen LogP contribution in [0.25, 0.3) is 38.7 Å². The Bertz CT molecular complexity index is 2300. The SMILES string of the molecule is CCC1(CC)c2cc(F)ccc2-c2c1c1c(c3cc(F)ccc23)OC(c2ccc(N3CCOCC3)cc2)(c2ccc3ccccc3c2)C=C1. The van der Waals surface area contributed by atoms with Gasteiger partial charge in [-0.1, -0.05) is 80.6 Å². The van der Waals surface area contributed by atoms with Gasteiger partial charge in [-0.05, 0) is 99.8 Å². The number of benzene rings is 6. The first-order valence-corrected chi connectivity index (χ1v) is 17.4. The van der Waals surface area contributed by atoms with Crippen molar-refractivity contribution in [1.82, 2.24) is 0 Å². The molecule has 2 heterocycles. The highest BCUT2D eigenvalue weighted by atomic mass is 19.1. The summed E-state index contributed by atoms with van der Waals surface area (Å²) < 4.78 is 43.3. The van der Waals surface area contributed by atoms with E-state index in [0.29, 0.717) is 24.3 Å². The van der Waals surface area contributed by atoms with Crippen LogP contribution in [-0.2, 0) is 15.8 Å². The first-order valence-electron chi connectivity index (χ1n) is 17.4. The Kier molecular flexibility index (Phi) is 6.93. The Balaban J connectivity index is 1.31. The third-order valence-electron chi connectivity index (χ3n) is 11.3. The van der Waals surface area contributed by atoms with E-state index < -0.39 is 11.0 Å². The normalized spacial score (nSPS) is 19.1. The van der Waals surface area contributed by atoms with Gasteiger partial charge in [0.2, 0.25) is 0 Å². The van der Waals surface area contributed by atoms with E-state index in [4.69, 9.17) is 9.47 Å². The maximum absolute atomic E-state index is 15.3. The number of morpholine rings is 1. The van der Waals surface area contributed by atoms with Gasteiger partial charge >= 0.3 is 0 Å². The minimum atomic E-state index is -0.993. The Morgan fingerprint density at radius 3 is 2.20 bits per heavy atom. The molecule has 0 saturated carbocycles. The van der Waals surface area contributed by atoms with E-state index in [-0.39, 0.29) is 11.6 Å². The second-order valence-corrected chi connectivity index (χ2v) is 13.5. The minimum Gasteiger partial charge on any atom is -0.472 e. The van der Waals surface area contributed by atoms with E-state index in [2.05, 4.69) is 91.6 Å². The zero-order chi connectivity index (χ0) is 33.3. The molecule has 6 aromatic carbocycles. The molecule has 9 rings (SSSR count). The van der Waals surface area contributed by atoms with Crippen molar-refractivity contribution in [2.45, 2.75) is 37.7 Å². The molecule has 1 fully saturated rings. The van der Waals surface area contributed by atoms with E-state index in [1.807, 2.05) is 18.2 Å². The number of anilines is 1. The topological polar surface area (TPSA) is 21.7 Å². The first-order chi connectivity index (χ1) is 24.0. The van der Waals surface area contributed by atoms with Crippen molar-refractivity contribution >= 4 is 33.3 Å². The van der Waals surface area contributed by atoms with Crippen molar-refractivity contribution < 1.29 is 18.3 Å². The van der Waals surface area contributed by atoms with E-state index >= 15 is 4.39 Å². The Morgan fingerprint density at radius 1 is 0.714 bits per heavy atom. The average Bonchev–Trinajstić information content (AvgIpc) is 3.44. The van der Waals surface area contributed by atoms with Crippen molar-refractivity contribution in [3.05, 3.63) is 149 Å². The van der Waals surface area contributed by atoms with Crippen LogP contribution in [0.3, 0.4) is 0 Å². The second-order valence-electron chi connectivity index (χ2n) is 13.5. The van der Waals surface area contributed by atoms with E-state index in [1.165, 1.54) is 12.1 Å². The lowest BCUT2D eigenvalue weighted by Gasteiger charge is -2.39. The summed E-state index contributed by atoms with van der Waals surface area (Å²) in [4.78, 5) is 2.35. The van der Waals surface area contributed by atoms with E-state index in [0.717, 1.165) is 86.7 Å². The second kappa shape index (κ2) is 11.3. The number of hydrogen-bond donors (Lipinski definition) is 0. The summed E-state index contributed by atoms with van der Waals surface area (Å²) in [6.45, 7) is 7.49. The number of hydrogen-bond acceptors (Lipinski definition) is 3. The zero-order valence-electron chi connectivity index (χ0n) is 27.7. The predicted octanol–water partition coefficient (Wildman–Crippen LogP) is 10.5. The molecule has 244 valence electrons. The van der Waals surface area contributed by atoms with Gasteiger partial charge in [-0.25, -0.2) is 8.78 Å². The lowest BCUT2D eigenvalue weighted by Crippen LogP contribution is -2.37. The summed E-state index contributed by atoms with van der Waals surface area (Å²) in [6, 6.07) is 33.6. The molecule has 0 radical (unpaired) electrons. The van der Waals surface area contributed by atoms with Gasteiger partial charge in [0, 0.05) is 46.3 Å². The molecule has 1 saturated heterocycles. The van der Waals surface area contributed by atoms with E-state index in [1.54, 1.807) is 12.1 Å². The van der Waals surface area contributed by atoms with Gasteiger partial charge < -0.3 is 14.4 Å². The third-order valence-corrected chi connectivity index (χ3v) is 11.3. The highest BCUT2D eigenvalue weighted by Crippen LogP contribution is 2.60. The minimum absolute atomic E-state index is 0.246. The molecule has 3 aliphatic rings. The molecule has 0 bridgehead atoms. The van der Waals surface area contributed by atoms with Crippen LogP contribution in [0.4, 0.5) is 14.5 Å². The largest absolute Gasteiger partial charge is 0.472 e. The summed E-state index contributed by atoms with van der Waals surface area (Å²) >= 11 is 0. The molecule has 3 nitrogen and oxygen atoms in total. The highest BCUT2D eigenvalue weighted by Gasteiger charge is 2.47. The Morgan fingerprint density at radius 2 is 1.43 bits per heavy atom. The van der Waals surface area contributed by atoms with Crippen LogP contribution in [0, 0.1) is 11.6 Å². The molecule has 6 aromatic rings. The van der Waals surface area contributed by atoms with Crippen LogP contribution in [-0.4, -0.2) is 26.3 Å². The van der Waals surface area contributed by atoms with Gasteiger partial charge in [0.25, 0.3) is 0 Å². The molecule has 5 heteroatoms. The summed E-state index contributed by atoms with van der Waals surface area (Å²) in [5.41, 5.74) is 6.83. The average molecular weight is 650 g/mol. The van der Waals surface area contributed by atoms with Crippen molar-refractivity contribution in [2.24, 2.45) is 0 Å². The van der Waals surface area contributed by atoms with Crippen molar-refractivity contribution in [3.63, 3.8) is 0 Å². The molecular formula is C44H37F2NO2.